The summed E-state index contributed by atoms with van der Waals surface area (Å²) in [5.41, 5.74) is 0.338. The third-order valence-corrected chi connectivity index (χ3v) is 4.96. The van der Waals surface area contributed by atoms with Crippen LogP contribution in [0.2, 0.25) is 0 Å². The van der Waals surface area contributed by atoms with Crippen molar-refractivity contribution in [1.82, 2.24) is 5.32 Å². The SMILES string of the molecule is CCCNCC1(Cc2ccc(CC)s2)CCOC1. The standard InChI is InChI=1S/C15H25NOS/c1-3-8-16-11-15(7-9-17-12-15)10-14-6-5-13(4-2)18-14/h5-6,16H,3-4,7-12H2,1-2H3. The van der Waals surface area contributed by atoms with Gasteiger partial charge in [0.2, 0.25) is 0 Å². The quantitative estimate of drug-likeness (QED) is 0.766. The highest BCUT2D eigenvalue weighted by molar-refractivity contribution is 7.11. The van der Waals surface area contributed by atoms with Crippen molar-refractivity contribution >= 4 is 11.3 Å². The zero-order valence-corrected chi connectivity index (χ0v) is 12.4. The lowest BCUT2D eigenvalue weighted by Crippen LogP contribution is -2.36. The van der Waals surface area contributed by atoms with Crippen molar-refractivity contribution < 1.29 is 4.74 Å². The summed E-state index contributed by atoms with van der Waals surface area (Å²) in [6, 6.07) is 4.59. The largest absolute Gasteiger partial charge is 0.381 e. The smallest absolute Gasteiger partial charge is 0.0538 e. The molecule has 2 rings (SSSR count). The second-order valence-corrected chi connectivity index (χ2v) is 6.63. The fraction of sp³-hybridized carbons (Fsp3) is 0.733. The monoisotopic (exact) mass is 267 g/mol. The predicted molar refractivity (Wildman–Crippen MR) is 78.4 cm³/mol. The molecule has 1 atom stereocenters. The fourth-order valence-corrected chi connectivity index (χ4v) is 3.73. The van der Waals surface area contributed by atoms with Crippen LogP contribution in [0, 0.1) is 5.41 Å². The van der Waals surface area contributed by atoms with Gasteiger partial charge >= 0.3 is 0 Å². The van der Waals surface area contributed by atoms with E-state index in [1.807, 2.05) is 11.3 Å². The molecule has 1 aliphatic heterocycles. The van der Waals surface area contributed by atoms with Crippen LogP contribution >= 0.6 is 11.3 Å². The van der Waals surface area contributed by atoms with Crippen LogP contribution in [0.3, 0.4) is 0 Å². The fourth-order valence-electron chi connectivity index (χ4n) is 2.60. The zero-order valence-electron chi connectivity index (χ0n) is 11.6. The highest BCUT2D eigenvalue weighted by Gasteiger charge is 2.35. The number of hydrogen-bond donors (Lipinski definition) is 1. The Bertz CT molecular complexity index is 355. The van der Waals surface area contributed by atoms with Gasteiger partial charge < -0.3 is 10.1 Å². The van der Waals surface area contributed by atoms with Crippen molar-refractivity contribution in [2.45, 2.75) is 39.5 Å². The lowest BCUT2D eigenvalue weighted by molar-refractivity contribution is 0.150. The maximum absolute atomic E-state index is 5.66. The average molecular weight is 267 g/mol. The van der Waals surface area contributed by atoms with Crippen molar-refractivity contribution in [1.29, 1.82) is 0 Å². The van der Waals surface area contributed by atoms with E-state index in [4.69, 9.17) is 4.74 Å². The Hall–Kier alpha value is -0.380. The summed E-state index contributed by atoms with van der Waals surface area (Å²) in [6.07, 6.45) is 4.73. The number of aryl methyl sites for hydroxylation is 1. The van der Waals surface area contributed by atoms with Gasteiger partial charge in [-0.3, -0.25) is 0 Å². The van der Waals surface area contributed by atoms with Crippen LogP contribution < -0.4 is 5.32 Å². The molecule has 0 spiro atoms. The Morgan fingerprint density at radius 3 is 2.78 bits per heavy atom. The summed E-state index contributed by atoms with van der Waals surface area (Å²) in [7, 11) is 0. The first-order chi connectivity index (χ1) is 8.78. The summed E-state index contributed by atoms with van der Waals surface area (Å²) in [6.45, 7) is 8.51. The highest BCUT2D eigenvalue weighted by Crippen LogP contribution is 2.34. The maximum atomic E-state index is 5.66. The second kappa shape index (κ2) is 6.69. The normalized spacial score (nSPS) is 23.7. The van der Waals surface area contributed by atoms with Crippen LogP contribution in [-0.4, -0.2) is 26.3 Å². The molecule has 0 bridgehead atoms. The molecule has 1 unspecified atom stereocenters. The Morgan fingerprint density at radius 1 is 1.33 bits per heavy atom. The molecule has 1 aromatic heterocycles. The van der Waals surface area contributed by atoms with E-state index in [-0.39, 0.29) is 0 Å². The molecule has 1 aliphatic rings. The van der Waals surface area contributed by atoms with Crippen molar-refractivity contribution in [3.8, 4) is 0 Å². The molecule has 3 heteroatoms. The first-order valence-corrected chi connectivity index (χ1v) is 7.96. The van der Waals surface area contributed by atoms with Crippen LogP contribution in [0.4, 0.5) is 0 Å². The Balaban J connectivity index is 1.96. The molecule has 2 heterocycles. The van der Waals surface area contributed by atoms with Gasteiger partial charge in [0.05, 0.1) is 6.61 Å². The highest BCUT2D eigenvalue weighted by atomic mass is 32.1. The second-order valence-electron chi connectivity index (χ2n) is 5.38. The number of rotatable bonds is 7. The van der Waals surface area contributed by atoms with E-state index >= 15 is 0 Å². The van der Waals surface area contributed by atoms with Gasteiger partial charge in [0, 0.05) is 28.3 Å². The summed E-state index contributed by atoms with van der Waals surface area (Å²) >= 11 is 1.97. The lowest BCUT2D eigenvalue weighted by atomic mass is 9.83. The maximum Gasteiger partial charge on any atom is 0.0538 e. The molecule has 2 nitrogen and oxygen atoms in total. The van der Waals surface area contributed by atoms with E-state index in [1.54, 1.807) is 0 Å². The lowest BCUT2D eigenvalue weighted by Gasteiger charge is -2.27. The average Bonchev–Trinajstić information content (AvgIpc) is 3.00. The van der Waals surface area contributed by atoms with Crippen molar-refractivity contribution in [3.05, 3.63) is 21.9 Å². The third-order valence-electron chi connectivity index (χ3n) is 3.73. The topological polar surface area (TPSA) is 21.3 Å². The van der Waals surface area contributed by atoms with Gasteiger partial charge in [-0.2, -0.15) is 0 Å². The Morgan fingerprint density at radius 2 is 2.17 bits per heavy atom. The summed E-state index contributed by atoms with van der Waals surface area (Å²) in [5, 5.41) is 3.58. The molecule has 18 heavy (non-hydrogen) atoms. The first-order valence-electron chi connectivity index (χ1n) is 7.14. The molecule has 102 valence electrons. The Kier molecular flexibility index (Phi) is 5.22. The molecule has 0 amide bonds. The van der Waals surface area contributed by atoms with Crippen molar-refractivity contribution in [2.75, 3.05) is 26.3 Å². The minimum Gasteiger partial charge on any atom is -0.381 e. The van der Waals surface area contributed by atoms with Gasteiger partial charge in [0.15, 0.2) is 0 Å². The predicted octanol–water partition coefficient (Wildman–Crippen LogP) is 3.26. The van der Waals surface area contributed by atoms with E-state index in [9.17, 15) is 0 Å². The molecule has 0 aromatic carbocycles. The van der Waals surface area contributed by atoms with E-state index < -0.39 is 0 Å². The van der Waals surface area contributed by atoms with E-state index in [0.29, 0.717) is 5.41 Å². The summed E-state index contributed by atoms with van der Waals surface area (Å²) in [4.78, 5) is 3.02. The van der Waals surface area contributed by atoms with E-state index in [2.05, 4.69) is 31.3 Å². The number of nitrogens with one attached hydrogen (secondary N) is 1. The molecular weight excluding hydrogens is 242 g/mol. The van der Waals surface area contributed by atoms with E-state index in [1.165, 1.54) is 29.0 Å². The number of hydrogen-bond acceptors (Lipinski definition) is 3. The van der Waals surface area contributed by atoms with Crippen molar-refractivity contribution in [2.24, 2.45) is 5.41 Å². The first kappa shape index (κ1) is 14.0. The minimum atomic E-state index is 0.338. The van der Waals surface area contributed by atoms with Gasteiger partial charge in [-0.15, -0.1) is 11.3 Å². The van der Waals surface area contributed by atoms with Gasteiger partial charge in [-0.25, -0.2) is 0 Å². The molecule has 0 radical (unpaired) electrons. The van der Waals surface area contributed by atoms with Crippen LogP contribution in [0.5, 0.6) is 0 Å². The number of thiophene rings is 1. The molecule has 1 N–H and O–H groups in total. The number of ether oxygens (including phenoxy) is 1. The molecule has 1 saturated heterocycles. The summed E-state index contributed by atoms with van der Waals surface area (Å²) < 4.78 is 5.66. The van der Waals surface area contributed by atoms with E-state index in [0.717, 1.165) is 32.7 Å². The van der Waals surface area contributed by atoms with Crippen LogP contribution in [0.25, 0.3) is 0 Å². The van der Waals surface area contributed by atoms with Gasteiger partial charge in [-0.1, -0.05) is 13.8 Å². The van der Waals surface area contributed by atoms with Gasteiger partial charge in [0.1, 0.15) is 0 Å². The third kappa shape index (κ3) is 3.56. The molecule has 0 aliphatic carbocycles. The van der Waals surface area contributed by atoms with Gasteiger partial charge in [0.25, 0.3) is 0 Å². The molecule has 1 fully saturated rings. The Labute approximate surface area is 115 Å². The summed E-state index contributed by atoms with van der Waals surface area (Å²) in [5.74, 6) is 0. The van der Waals surface area contributed by atoms with Gasteiger partial charge in [-0.05, 0) is 44.4 Å². The van der Waals surface area contributed by atoms with Crippen LogP contribution in [0.15, 0.2) is 12.1 Å². The van der Waals surface area contributed by atoms with Crippen LogP contribution in [0.1, 0.15) is 36.4 Å². The molecular formula is C15H25NOS. The molecule has 1 aromatic rings. The van der Waals surface area contributed by atoms with Crippen LogP contribution in [-0.2, 0) is 17.6 Å². The molecule has 0 saturated carbocycles. The van der Waals surface area contributed by atoms with Crippen molar-refractivity contribution in [3.63, 3.8) is 0 Å². The minimum absolute atomic E-state index is 0.338. The zero-order chi connectivity index (χ0) is 12.8.